The van der Waals surface area contributed by atoms with Crippen molar-refractivity contribution in [2.45, 2.75) is 64.5 Å². The fraction of sp³-hybridized carbons (Fsp3) is 0.750. The predicted molar refractivity (Wildman–Crippen MR) is 81.7 cm³/mol. The first kappa shape index (κ1) is 16.0. The lowest BCUT2D eigenvalue weighted by molar-refractivity contribution is -0.151. The van der Waals surface area contributed by atoms with Crippen molar-refractivity contribution in [2.24, 2.45) is 11.7 Å². The third-order valence-corrected chi connectivity index (χ3v) is 4.52. The van der Waals surface area contributed by atoms with Gasteiger partial charge in [-0.2, -0.15) is 0 Å². The van der Waals surface area contributed by atoms with Crippen LogP contribution in [0.25, 0.3) is 0 Å². The second-order valence-electron chi connectivity index (χ2n) is 5.93. The van der Waals surface area contributed by atoms with Crippen LogP contribution >= 0.6 is 0 Å². The predicted octanol–water partition coefficient (Wildman–Crippen LogP) is 2.29. The minimum Gasteiger partial charge on any atom is -0.465 e. The first-order valence-corrected chi connectivity index (χ1v) is 8.08. The number of imidazole rings is 1. The number of hydrogen-bond donors (Lipinski definition) is 1. The van der Waals surface area contributed by atoms with Crippen molar-refractivity contribution >= 4 is 5.97 Å². The van der Waals surface area contributed by atoms with Crippen LogP contribution in [0.15, 0.2) is 12.4 Å². The Morgan fingerprint density at radius 2 is 2.38 bits per heavy atom. The summed E-state index contributed by atoms with van der Waals surface area (Å²) < 4.78 is 7.36. The van der Waals surface area contributed by atoms with E-state index in [-0.39, 0.29) is 11.9 Å². The molecule has 1 fully saturated rings. The zero-order chi connectivity index (χ0) is 15.3. The van der Waals surface area contributed by atoms with Gasteiger partial charge in [0.2, 0.25) is 0 Å². The second-order valence-corrected chi connectivity index (χ2v) is 5.93. The van der Waals surface area contributed by atoms with Gasteiger partial charge in [-0.25, -0.2) is 4.98 Å². The molecule has 1 aliphatic rings. The number of carbonyl (C=O) groups is 1. The smallest absolute Gasteiger partial charge is 0.326 e. The molecule has 0 aromatic carbocycles. The zero-order valence-corrected chi connectivity index (χ0v) is 13.2. The Morgan fingerprint density at radius 1 is 1.57 bits per heavy atom. The van der Waals surface area contributed by atoms with Crippen LogP contribution in [-0.4, -0.2) is 27.7 Å². The Hall–Kier alpha value is -1.36. The van der Waals surface area contributed by atoms with Crippen molar-refractivity contribution < 1.29 is 9.53 Å². The average molecular weight is 293 g/mol. The molecule has 1 saturated carbocycles. The molecule has 0 radical (unpaired) electrons. The van der Waals surface area contributed by atoms with Crippen LogP contribution in [0.1, 0.15) is 51.8 Å². The summed E-state index contributed by atoms with van der Waals surface area (Å²) in [6.07, 6.45) is 9.60. The second kappa shape index (κ2) is 7.07. The Morgan fingerprint density at radius 3 is 3.10 bits per heavy atom. The molecule has 118 valence electrons. The molecule has 2 unspecified atom stereocenters. The SMILES string of the molecule is CCCc1nccn1CCC1CCCC1(N)C(=O)OCC. The van der Waals surface area contributed by atoms with Crippen LogP contribution in [0.5, 0.6) is 0 Å². The molecule has 0 bridgehead atoms. The summed E-state index contributed by atoms with van der Waals surface area (Å²) >= 11 is 0. The van der Waals surface area contributed by atoms with Crippen LogP contribution < -0.4 is 5.73 Å². The first-order valence-electron chi connectivity index (χ1n) is 8.08. The van der Waals surface area contributed by atoms with E-state index < -0.39 is 5.54 Å². The molecule has 1 aromatic heterocycles. The van der Waals surface area contributed by atoms with E-state index in [0.717, 1.165) is 50.9 Å². The topological polar surface area (TPSA) is 70.1 Å². The standard InChI is InChI=1S/C16H27N3O2/c1-3-6-14-18-10-12-19(14)11-8-13-7-5-9-16(13,17)15(20)21-4-2/h10,12-13H,3-9,11,17H2,1-2H3. The molecular formula is C16H27N3O2. The first-order chi connectivity index (χ1) is 10.1. The molecule has 1 aliphatic carbocycles. The van der Waals surface area contributed by atoms with Crippen LogP contribution in [-0.2, 0) is 22.5 Å². The summed E-state index contributed by atoms with van der Waals surface area (Å²) in [6, 6.07) is 0. The summed E-state index contributed by atoms with van der Waals surface area (Å²) in [5, 5.41) is 0. The maximum absolute atomic E-state index is 12.1. The van der Waals surface area contributed by atoms with E-state index in [4.69, 9.17) is 10.5 Å². The van der Waals surface area contributed by atoms with Gasteiger partial charge in [0, 0.05) is 25.4 Å². The number of ether oxygens (including phenoxy) is 1. The van der Waals surface area contributed by atoms with Gasteiger partial charge < -0.3 is 15.0 Å². The number of esters is 1. The van der Waals surface area contributed by atoms with Crippen LogP contribution in [0.4, 0.5) is 0 Å². The van der Waals surface area contributed by atoms with Crippen molar-refractivity contribution in [3.8, 4) is 0 Å². The fourth-order valence-corrected chi connectivity index (χ4v) is 3.33. The normalized spacial score (nSPS) is 25.2. The summed E-state index contributed by atoms with van der Waals surface area (Å²) in [4.78, 5) is 16.5. The largest absolute Gasteiger partial charge is 0.465 e. The number of hydrogen-bond acceptors (Lipinski definition) is 4. The Kier molecular flexibility index (Phi) is 5.39. The molecular weight excluding hydrogens is 266 g/mol. The number of nitrogens with zero attached hydrogens (tertiary/aromatic N) is 2. The van der Waals surface area contributed by atoms with E-state index >= 15 is 0 Å². The lowest BCUT2D eigenvalue weighted by Crippen LogP contribution is -2.52. The van der Waals surface area contributed by atoms with Gasteiger partial charge in [-0.3, -0.25) is 4.79 Å². The lowest BCUT2D eigenvalue weighted by Gasteiger charge is -2.29. The number of aromatic nitrogens is 2. The zero-order valence-electron chi connectivity index (χ0n) is 13.2. The third kappa shape index (κ3) is 3.46. The van der Waals surface area contributed by atoms with Crippen LogP contribution in [0.2, 0.25) is 0 Å². The minimum atomic E-state index is -0.790. The van der Waals surface area contributed by atoms with Crippen molar-refractivity contribution in [2.75, 3.05) is 6.61 Å². The van der Waals surface area contributed by atoms with Crippen molar-refractivity contribution in [1.82, 2.24) is 9.55 Å². The summed E-state index contributed by atoms with van der Waals surface area (Å²) in [5.74, 6) is 1.09. The highest BCUT2D eigenvalue weighted by atomic mass is 16.5. The Bertz CT molecular complexity index is 472. The van der Waals surface area contributed by atoms with Crippen LogP contribution in [0, 0.1) is 5.92 Å². The van der Waals surface area contributed by atoms with Crippen LogP contribution in [0.3, 0.4) is 0 Å². The Labute approximate surface area is 126 Å². The van der Waals surface area contributed by atoms with Crippen molar-refractivity contribution in [3.05, 3.63) is 18.2 Å². The molecule has 2 atom stereocenters. The summed E-state index contributed by atoms with van der Waals surface area (Å²) in [7, 11) is 0. The van der Waals surface area contributed by atoms with Gasteiger partial charge >= 0.3 is 5.97 Å². The quantitative estimate of drug-likeness (QED) is 0.783. The van der Waals surface area contributed by atoms with Crippen molar-refractivity contribution in [3.63, 3.8) is 0 Å². The molecule has 0 spiro atoms. The highest BCUT2D eigenvalue weighted by molar-refractivity contribution is 5.81. The summed E-state index contributed by atoms with van der Waals surface area (Å²) in [6.45, 7) is 5.25. The molecule has 0 aliphatic heterocycles. The maximum atomic E-state index is 12.1. The minimum absolute atomic E-state index is 0.202. The van der Waals surface area contributed by atoms with Gasteiger partial charge in [0.05, 0.1) is 6.61 Å². The molecule has 5 nitrogen and oxygen atoms in total. The monoisotopic (exact) mass is 293 g/mol. The fourth-order valence-electron chi connectivity index (χ4n) is 3.33. The highest BCUT2D eigenvalue weighted by Crippen LogP contribution is 2.37. The molecule has 21 heavy (non-hydrogen) atoms. The van der Waals surface area contributed by atoms with E-state index in [0.29, 0.717) is 6.61 Å². The molecule has 2 rings (SSSR count). The number of rotatable bonds is 7. The average Bonchev–Trinajstić information content (AvgIpc) is 3.05. The van der Waals surface area contributed by atoms with E-state index in [2.05, 4.69) is 16.5 Å². The molecule has 1 heterocycles. The van der Waals surface area contributed by atoms with E-state index in [9.17, 15) is 4.79 Å². The van der Waals surface area contributed by atoms with Gasteiger partial charge in [-0.05, 0) is 38.5 Å². The third-order valence-electron chi connectivity index (χ3n) is 4.52. The molecule has 0 saturated heterocycles. The number of nitrogens with two attached hydrogens (primary N) is 1. The Balaban J connectivity index is 1.98. The molecule has 2 N–H and O–H groups in total. The lowest BCUT2D eigenvalue weighted by atomic mass is 9.85. The number of aryl methyl sites for hydroxylation is 2. The van der Waals surface area contributed by atoms with Gasteiger partial charge in [-0.1, -0.05) is 13.3 Å². The molecule has 0 amide bonds. The maximum Gasteiger partial charge on any atom is 0.326 e. The van der Waals surface area contributed by atoms with E-state index in [1.807, 2.05) is 19.3 Å². The molecule has 1 aromatic rings. The van der Waals surface area contributed by atoms with E-state index in [1.54, 1.807) is 0 Å². The van der Waals surface area contributed by atoms with E-state index in [1.165, 1.54) is 0 Å². The van der Waals surface area contributed by atoms with Gasteiger partial charge in [0.15, 0.2) is 0 Å². The highest BCUT2D eigenvalue weighted by Gasteiger charge is 2.46. The van der Waals surface area contributed by atoms with Gasteiger partial charge in [-0.15, -0.1) is 0 Å². The van der Waals surface area contributed by atoms with Gasteiger partial charge in [0.25, 0.3) is 0 Å². The molecule has 5 heteroatoms. The van der Waals surface area contributed by atoms with Gasteiger partial charge in [0.1, 0.15) is 11.4 Å². The summed E-state index contributed by atoms with van der Waals surface area (Å²) in [5.41, 5.74) is 5.58. The number of carbonyl (C=O) groups excluding carboxylic acids is 1. The van der Waals surface area contributed by atoms with Crippen molar-refractivity contribution in [1.29, 1.82) is 0 Å².